The average Bonchev–Trinajstić information content (AvgIpc) is 2.64. The van der Waals surface area contributed by atoms with Crippen LogP contribution < -0.4 is 5.32 Å². The normalized spacial score (nSPS) is 19.6. The van der Waals surface area contributed by atoms with Crippen LogP contribution in [0.25, 0.3) is 0 Å². The Bertz CT molecular complexity index is 113. The summed E-state index contributed by atoms with van der Waals surface area (Å²) in [5.41, 5.74) is 0. The third-order valence-electron chi connectivity index (χ3n) is 1.05. The van der Waals surface area contributed by atoms with Crippen LogP contribution in [0.1, 0.15) is 0 Å². The minimum atomic E-state index is 0.750. The molecule has 1 saturated heterocycles. The fourth-order valence-corrected chi connectivity index (χ4v) is 0.580. The molecule has 0 atom stereocenters. The van der Waals surface area contributed by atoms with Crippen LogP contribution in [-0.4, -0.2) is 19.9 Å². The summed E-state index contributed by atoms with van der Waals surface area (Å²) in [6.07, 6.45) is 5.83. The molecule has 11 heavy (non-hydrogen) atoms. The highest BCUT2D eigenvalue weighted by Gasteiger charge is 1.92. The Labute approximate surface area is 65.4 Å². The van der Waals surface area contributed by atoms with Gasteiger partial charge >= 0.3 is 0 Å². The summed E-state index contributed by atoms with van der Waals surface area (Å²) in [7, 11) is 0. The molecule has 1 fully saturated rings. The van der Waals surface area contributed by atoms with Crippen molar-refractivity contribution < 1.29 is 14.2 Å². The maximum absolute atomic E-state index is 4.83. The maximum Gasteiger partial charge on any atom is 0.125 e. The molecule has 0 unspecified atom stereocenters. The minimum absolute atomic E-state index is 0.750. The van der Waals surface area contributed by atoms with Crippen LogP contribution >= 0.6 is 0 Å². The Balaban J connectivity index is 0.000000112. The number of hydrogen-bond donors (Lipinski definition) is 1. The van der Waals surface area contributed by atoms with Crippen LogP contribution in [0, 0.1) is 0 Å². The molecule has 2 aliphatic rings. The van der Waals surface area contributed by atoms with Crippen LogP contribution in [0.3, 0.4) is 0 Å². The third-order valence-corrected chi connectivity index (χ3v) is 1.05. The Kier molecular flexibility index (Phi) is 4.24. The lowest BCUT2D eigenvalue weighted by Gasteiger charge is -1.94. The van der Waals surface area contributed by atoms with E-state index in [1.807, 2.05) is 0 Å². The second-order valence-electron chi connectivity index (χ2n) is 1.87. The molecule has 4 heteroatoms. The number of hydrogen-bond acceptors (Lipinski definition) is 4. The topological polar surface area (TPSA) is 39.7 Å². The molecule has 0 radical (unpaired) electrons. The standard InChI is InChI=1S/C4H4O2.C3H7NO/c1-2-6-4-3-5-1;1-2-5-3-4-1/h1-4H;4H,1-3H2. The Morgan fingerprint density at radius 2 is 1.64 bits per heavy atom. The van der Waals surface area contributed by atoms with E-state index in [1.54, 1.807) is 0 Å². The fraction of sp³-hybridized carbons (Fsp3) is 0.429. The van der Waals surface area contributed by atoms with E-state index >= 15 is 0 Å². The Morgan fingerprint density at radius 3 is 1.82 bits per heavy atom. The van der Waals surface area contributed by atoms with Gasteiger partial charge in [-0.3, -0.25) is 5.32 Å². The number of rotatable bonds is 0. The molecule has 1 N–H and O–H groups in total. The highest BCUT2D eigenvalue weighted by atomic mass is 16.5. The highest BCUT2D eigenvalue weighted by molar-refractivity contribution is 4.77. The predicted molar refractivity (Wildman–Crippen MR) is 39.3 cm³/mol. The van der Waals surface area contributed by atoms with Gasteiger partial charge in [-0.1, -0.05) is 0 Å². The molecule has 0 aliphatic carbocycles. The molecule has 0 spiro atoms. The number of nitrogens with one attached hydrogen (secondary N) is 1. The summed E-state index contributed by atoms with van der Waals surface area (Å²) in [5, 5.41) is 3.00. The zero-order valence-electron chi connectivity index (χ0n) is 6.16. The zero-order valence-corrected chi connectivity index (χ0v) is 6.16. The molecule has 62 valence electrons. The lowest BCUT2D eigenvalue weighted by atomic mass is 10.7. The van der Waals surface area contributed by atoms with Crippen LogP contribution in [0.2, 0.25) is 0 Å². The van der Waals surface area contributed by atoms with E-state index < -0.39 is 0 Å². The van der Waals surface area contributed by atoms with Gasteiger partial charge in [0.25, 0.3) is 0 Å². The van der Waals surface area contributed by atoms with Gasteiger partial charge in [-0.15, -0.1) is 0 Å². The molecule has 0 aromatic heterocycles. The van der Waals surface area contributed by atoms with Gasteiger partial charge in [-0.05, 0) is 0 Å². The first kappa shape index (κ1) is 8.10. The molecule has 2 aliphatic heterocycles. The second kappa shape index (κ2) is 5.76. The van der Waals surface area contributed by atoms with E-state index in [4.69, 9.17) is 4.74 Å². The molecular weight excluding hydrogens is 146 g/mol. The van der Waals surface area contributed by atoms with Crippen LogP contribution in [0.5, 0.6) is 0 Å². The van der Waals surface area contributed by atoms with Crippen molar-refractivity contribution in [3.05, 3.63) is 25.0 Å². The van der Waals surface area contributed by atoms with Crippen molar-refractivity contribution in [1.29, 1.82) is 0 Å². The molecule has 2 heterocycles. The van der Waals surface area contributed by atoms with Crippen molar-refractivity contribution in [2.45, 2.75) is 0 Å². The van der Waals surface area contributed by atoms with Crippen molar-refractivity contribution >= 4 is 0 Å². The Morgan fingerprint density at radius 1 is 1.00 bits per heavy atom. The van der Waals surface area contributed by atoms with Crippen LogP contribution in [0.15, 0.2) is 25.0 Å². The van der Waals surface area contributed by atoms with E-state index in [2.05, 4.69) is 14.8 Å². The number of ether oxygens (including phenoxy) is 3. The molecule has 0 aromatic carbocycles. The molecular formula is C7H11NO3. The zero-order chi connectivity index (χ0) is 7.78. The van der Waals surface area contributed by atoms with E-state index in [1.165, 1.54) is 25.0 Å². The molecule has 0 bridgehead atoms. The third kappa shape index (κ3) is 4.41. The first-order chi connectivity index (χ1) is 5.50. The summed E-state index contributed by atoms with van der Waals surface area (Å²) in [6.45, 7) is 2.67. The minimum Gasteiger partial charge on any atom is -0.466 e. The van der Waals surface area contributed by atoms with E-state index in [0.717, 1.165) is 19.9 Å². The van der Waals surface area contributed by atoms with Gasteiger partial charge in [0, 0.05) is 6.54 Å². The molecule has 4 nitrogen and oxygen atoms in total. The average molecular weight is 157 g/mol. The van der Waals surface area contributed by atoms with Crippen molar-refractivity contribution in [2.24, 2.45) is 0 Å². The second-order valence-corrected chi connectivity index (χ2v) is 1.87. The van der Waals surface area contributed by atoms with Crippen molar-refractivity contribution in [1.82, 2.24) is 5.32 Å². The predicted octanol–water partition coefficient (Wildman–Crippen LogP) is 0.539. The van der Waals surface area contributed by atoms with E-state index in [9.17, 15) is 0 Å². The largest absolute Gasteiger partial charge is 0.466 e. The first-order valence-corrected chi connectivity index (χ1v) is 3.39. The van der Waals surface area contributed by atoms with Gasteiger partial charge in [0.05, 0.1) is 13.3 Å². The summed E-state index contributed by atoms with van der Waals surface area (Å²) in [4.78, 5) is 0. The van der Waals surface area contributed by atoms with Gasteiger partial charge in [0.1, 0.15) is 25.0 Å². The lowest BCUT2D eigenvalue weighted by molar-refractivity contribution is 0.194. The van der Waals surface area contributed by atoms with Gasteiger partial charge in [0.2, 0.25) is 0 Å². The van der Waals surface area contributed by atoms with Gasteiger partial charge in [-0.2, -0.15) is 0 Å². The Hall–Kier alpha value is -1.00. The summed E-state index contributed by atoms with van der Waals surface area (Å²) < 4.78 is 14.0. The first-order valence-electron chi connectivity index (χ1n) is 3.39. The van der Waals surface area contributed by atoms with Crippen molar-refractivity contribution in [3.8, 4) is 0 Å². The SMILES string of the molecule is C1=COC=CO1.C1COCN1. The van der Waals surface area contributed by atoms with Gasteiger partial charge in [-0.25, -0.2) is 0 Å². The van der Waals surface area contributed by atoms with Crippen molar-refractivity contribution in [3.63, 3.8) is 0 Å². The molecule has 2 rings (SSSR count). The molecule has 0 aromatic rings. The summed E-state index contributed by atoms with van der Waals surface area (Å²) >= 11 is 0. The summed E-state index contributed by atoms with van der Waals surface area (Å²) in [6, 6.07) is 0. The van der Waals surface area contributed by atoms with E-state index in [-0.39, 0.29) is 0 Å². The van der Waals surface area contributed by atoms with Crippen LogP contribution in [0.4, 0.5) is 0 Å². The van der Waals surface area contributed by atoms with Crippen molar-refractivity contribution in [2.75, 3.05) is 19.9 Å². The van der Waals surface area contributed by atoms with Gasteiger partial charge in [0.15, 0.2) is 0 Å². The quantitative estimate of drug-likeness (QED) is 0.557. The van der Waals surface area contributed by atoms with E-state index in [0.29, 0.717) is 0 Å². The molecule has 0 amide bonds. The summed E-state index contributed by atoms with van der Waals surface area (Å²) in [5.74, 6) is 0. The van der Waals surface area contributed by atoms with Gasteiger partial charge < -0.3 is 14.2 Å². The van der Waals surface area contributed by atoms with Crippen LogP contribution in [-0.2, 0) is 14.2 Å². The fourth-order valence-electron chi connectivity index (χ4n) is 0.580. The molecule has 0 saturated carbocycles. The lowest BCUT2D eigenvalue weighted by Crippen LogP contribution is -2.05. The maximum atomic E-state index is 4.83. The monoisotopic (exact) mass is 157 g/mol. The highest BCUT2D eigenvalue weighted by Crippen LogP contribution is 1.89. The smallest absolute Gasteiger partial charge is 0.125 e.